The molecule has 16 heteroatoms. The molecule has 2 atom stereocenters. The van der Waals surface area contributed by atoms with E-state index in [0.29, 0.717) is 13.0 Å². The number of alkyl halides is 2. The molecular formula is C21H24F3N7O5S. The topological polar surface area (TPSA) is 168 Å². The fourth-order valence-corrected chi connectivity index (χ4v) is 8.27. The molecule has 4 N–H and O–H groups in total. The quantitative estimate of drug-likeness (QED) is 0.356. The molecular weight excluding hydrogens is 519 g/mol. The van der Waals surface area contributed by atoms with Crippen LogP contribution in [-0.4, -0.2) is 65.3 Å². The Morgan fingerprint density at radius 3 is 2.57 bits per heavy atom. The number of anilines is 1. The number of carboxylic acid groups (broad SMARTS) is 1. The average Bonchev–Trinajstić information content (AvgIpc) is 3.23. The number of pyridine rings is 1. The van der Waals surface area contributed by atoms with Gasteiger partial charge in [-0.05, 0) is 49.4 Å². The molecule has 4 rings (SSSR count). The number of hydrogen-bond acceptors (Lipinski definition) is 8. The van der Waals surface area contributed by atoms with Gasteiger partial charge in [-0.3, -0.25) is 24.0 Å². The number of ether oxygens (including phenoxy) is 1. The van der Waals surface area contributed by atoms with E-state index in [1.807, 2.05) is 0 Å². The van der Waals surface area contributed by atoms with Crippen molar-refractivity contribution in [3.63, 3.8) is 0 Å². The first-order valence-electron chi connectivity index (χ1n) is 11.0. The van der Waals surface area contributed by atoms with Gasteiger partial charge in [0.2, 0.25) is 5.88 Å². The van der Waals surface area contributed by atoms with Crippen LogP contribution < -0.4 is 20.1 Å². The molecule has 1 saturated heterocycles. The molecule has 200 valence electrons. The van der Waals surface area contributed by atoms with E-state index in [-0.39, 0.29) is 23.0 Å². The molecule has 37 heavy (non-hydrogen) atoms. The van der Waals surface area contributed by atoms with E-state index in [0.717, 1.165) is 18.5 Å². The minimum Gasteiger partial charge on any atom is -0.465 e. The molecule has 2 aliphatic rings. The number of halogens is 3. The van der Waals surface area contributed by atoms with Crippen LogP contribution in [0.25, 0.3) is 0 Å². The van der Waals surface area contributed by atoms with Crippen molar-refractivity contribution in [1.29, 1.82) is 0 Å². The van der Waals surface area contributed by atoms with Crippen LogP contribution in [0.15, 0.2) is 29.5 Å². The number of aromatic nitrogens is 3. The van der Waals surface area contributed by atoms with Crippen molar-refractivity contribution >= 4 is 33.8 Å². The lowest BCUT2D eigenvalue weighted by molar-refractivity contribution is -0.0531. The van der Waals surface area contributed by atoms with Crippen molar-refractivity contribution in [3.05, 3.63) is 41.7 Å². The second-order valence-corrected chi connectivity index (χ2v) is 12.4. The Labute approximate surface area is 209 Å². The van der Waals surface area contributed by atoms with Gasteiger partial charge in [0.05, 0.1) is 22.4 Å². The lowest BCUT2D eigenvalue weighted by Crippen LogP contribution is -2.66. The highest BCUT2D eigenvalue weighted by molar-refractivity contribution is 8.04. The Hall–Kier alpha value is -3.66. The first kappa shape index (κ1) is 26.4. The summed E-state index contributed by atoms with van der Waals surface area (Å²) in [6.45, 7) is 1.96. The third kappa shape index (κ3) is 4.61. The number of hydrogen-bond donors (Lipinski definition) is 5. The molecule has 2 aliphatic heterocycles. The Morgan fingerprint density at radius 1 is 1.22 bits per heavy atom. The van der Waals surface area contributed by atoms with E-state index in [2.05, 4.69) is 40.0 Å². The fourth-order valence-electron chi connectivity index (χ4n) is 4.61. The SMILES string of the molecule is CC1(C)C(NC(=O)O)=N[C@](C)(c2nc(NC(=O)c3cnc(OC(F)F)cn3)ccc2F)[C@H]2CCN[SH]21=O. The Kier molecular flexibility index (Phi) is 6.66. The van der Waals surface area contributed by atoms with Gasteiger partial charge in [0, 0.05) is 6.54 Å². The van der Waals surface area contributed by atoms with E-state index < -0.39 is 56.0 Å². The lowest BCUT2D eigenvalue weighted by Gasteiger charge is -2.50. The summed E-state index contributed by atoms with van der Waals surface area (Å²) in [7, 11) is -3.39. The van der Waals surface area contributed by atoms with E-state index in [9.17, 15) is 27.7 Å². The summed E-state index contributed by atoms with van der Waals surface area (Å²) in [5.74, 6) is -2.31. The van der Waals surface area contributed by atoms with Crippen LogP contribution >= 0.6 is 0 Å². The zero-order chi connectivity index (χ0) is 27.2. The maximum Gasteiger partial charge on any atom is 0.410 e. The highest BCUT2D eigenvalue weighted by atomic mass is 32.3. The molecule has 12 nitrogen and oxygen atoms in total. The summed E-state index contributed by atoms with van der Waals surface area (Å²) >= 11 is 0. The predicted molar refractivity (Wildman–Crippen MR) is 127 cm³/mol. The largest absolute Gasteiger partial charge is 0.465 e. The summed E-state index contributed by atoms with van der Waals surface area (Å²) in [6.07, 6.45) is 0.697. The summed E-state index contributed by atoms with van der Waals surface area (Å²) in [5, 5.41) is 13.2. The molecule has 0 radical (unpaired) electrons. The van der Waals surface area contributed by atoms with E-state index in [1.54, 1.807) is 13.8 Å². The third-order valence-corrected chi connectivity index (χ3v) is 10.7. The smallest absolute Gasteiger partial charge is 0.410 e. The molecule has 0 saturated carbocycles. The molecule has 0 spiro atoms. The second-order valence-electron chi connectivity index (χ2n) is 9.07. The molecule has 2 aromatic rings. The van der Waals surface area contributed by atoms with Crippen LogP contribution in [0.4, 0.5) is 23.8 Å². The number of amidine groups is 1. The monoisotopic (exact) mass is 543 g/mol. The summed E-state index contributed by atoms with van der Waals surface area (Å²) < 4.78 is 59.8. The number of nitrogens with one attached hydrogen (secondary N) is 3. The molecule has 0 aliphatic carbocycles. The molecule has 1 fully saturated rings. The lowest BCUT2D eigenvalue weighted by atomic mass is 9.89. The summed E-state index contributed by atoms with van der Waals surface area (Å²) in [5.41, 5.74) is -2.05. The standard InChI is InChI=1S/C21H24F3N7O5S/c1-20(2)17(30-19(33)34)31-21(3,12-6-7-27-37(12,20)35)15-10(22)4-5-13(28-15)29-16(32)11-8-26-14(9-25-11)36-18(23)24/h4-5,8-9,12,18,37H,6-7H2,1-3H3,(H,27,35)(H,30,31)(H,33,34)(H,28,29,32)/t12-,21+/m1/s1. The van der Waals surface area contributed by atoms with Crippen molar-refractivity contribution in [1.82, 2.24) is 25.0 Å². The van der Waals surface area contributed by atoms with Gasteiger partial charge >= 0.3 is 12.7 Å². The number of thiol groups is 1. The first-order valence-corrected chi connectivity index (χ1v) is 12.8. The Bertz CT molecular complexity index is 1320. The molecule has 2 amide bonds. The Balaban J connectivity index is 1.70. The number of nitrogens with zero attached hydrogens (tertiary/aromatic N) is 4. The molecule has 0 unspecified atom stereocenters. The van der Waals surface area contributed by atoms with Crippen LogP contribution in [0.5, 0.6) is 5.88 Å². The highest BCUT2D eigenvalue weighted by Gasteiger charge is 2.59. The van der Waals surface area contributed by atoms with Crippen LogP contribution in [0.1, 0.15) is 43.4 Å². The molecule has 0 bridgehead atoms. The number of fused-ring (bicyclic) bond motifs is 1. The van der Waals surface area contributed by atoms with Gasteiger partial charge in [-0.15, -0.1) is 0 Å². The maximum atomic E-state index is 15.2. The van der Waals surface area contributed by atoms with Gasteiger partial charge in [-0.2, -0.15) is 8.78 Å². The van der Waals surface area contributed by atoms with Gasteiger partial charge in [0.1, 0.15) is 34.4 Å². The molecule has 2 aromatic heterocycles. The molecule has 4 heterocycles. The van der Waals surface area contributed by atoms with Gasteiger partial charge < -0.3 is 15.2 Å². The van der Waals surface area contributed by atoms with Gasteiger partial charge in [-0.1, -0.05) is 0 Å². The van der Waals surface area contributed by atoms with Crippen molar-refractivity contribution in [2.24, 2.45) is 4.99 Å². The number of carbonyl (C=O) groups is 2. The van der Waals surface area contributed by atoms with Gasteiger partial charge in [-0.25, -0.2) is 24.1 Å². The van der Waals surface area contributed by atoms with Gasteiger partial charge in [0.25, 0.3) is 5.91 Å². The molecule has 0 aromatic carbocycles. The minimum atomic E-state index is -3.39. The van der Waals surface area contributed by atoms with Gasteiger partial charge in [0.15, 0.2) is 0 Å². The summed E-state index contributed by atoms with van der Waals surface area (Å²) in [4.78, 5) is 40.1. The fraction of sp³-hybridized carbons (Fsp3) is 0.429. The Morgan fingerprint density at radius 2 is 1.95 bits per heavy atom. The summed E-state index contributed by atoms with van der Waals surface area (Å²) in [6, 6.07) is 2.22. The number of carbonyl (C=O) groups excluding carboxylic acids is 1. The average molecular weight is 544 g/mol. The van der Waals surface area contributed by atoms with Crippen LogP contribution in [0, 0.1) is 5.82 Å². The zero-order valence-electron chi connectivity index (χ0n) is 19.8. The number of rotatable bonds is 5. The van der Waals surface area contributed by atoms with Crippen LogP contribution in [0.2, 0.25) is 0 Å². The normalized spacial score (nSPS) is 24.5. The maximum absolute atomic E-state index is 15.2. The van der Waals surface area contributed by atoms with Crippen LogP contribution in [0.3, 0.4) is 0 Å². The number of aliphatic imine (C=N–C) groups is 1. The van der Waals surface area contributed by atoms with E-state index in [4.69, 9.17) is 0 Å². The van der Waals surface area contributed by atoms with Crippen molar-refractivity contribution in [2.45, 2.75) is 49.3 Å². The highest BCUT2D eigenvalue weighted by Crippen LogP contribution is 2.48. The number of amides is 2. The minimum absolute atomic E-state index is 0.103. The van der Waals surface area contributed by atoms with E-state index in [1.165, 1.54) is 13.0 Å². The first-order chi connectivity index (χ1) is 17.3. The van der Waals surface area contributed by atoms with Crippen LogP contribution in [-0.2, 0) is 15.7 Å². The third-order valence-electron chi connectivity index (χ3n) is 6.47. The van der Waals surface area contributed by atoms with Crippen molar-refractivity contribution in [2.75, 3.05) is 11.9 Å². The van der Waals surface area contributed by atoms with Crippen molar-refractivity contribution < 1.29 is 36.8 Å². The second kappa shape index (κ2) is 9.33. The van der Waals surface area contributed by atoms with Crippen molar-refractivity contribution in [3.8, 4) is 5.88 Å². The zero-order valence-corrected chi connectivity index (χ0v) is 20.7. The van der Waals surface area contributed by atoms with E-state index >= 15 is 4.39 Å². The predicted octanol–water partition coefficient (Wildman–Crippen LogP) is 1.83.